The number of carbonyl (C=O) groups is 1. The second kappa shape index (κ2) is 4.08. The van der Waals surface area contributed by atoms with Crippen molar-refractivity contribution in [2.75, 3.05) is 16.9 Å². The van der Waals surface area contributed by atoms with Crippen LogP contribution in [-0.4, -0.2) is 22.5 Å². The van der Waals surface area contributed by atoms with Gasteiger partial charge in [0.05, 0.1) is 18.6 Å². The van der Waals surface area contributed by atoms with Gasteiger partial charge < -0.3 is 15.5 Å². The number of amides is 1. The van der Waals surface area contributed by atoms with Crippen molar-refractivity contribution in [1.29, 1.82) is 0 Å². The molecule has 0 bridgehead atoms. The van der Waals surface area contributed by atoms with Crippen LogP contribution in [0, 0.1) is 0 Å². The lowest BCUT2D eigenvalue weighted by atomic mass is 10.1. The van der Waals surface area contributed by atoms with Gasteiger partial charge >= 0.3 is 0 Å². The molecule has 0 spiro atoms. The quantitative estimate of drug-likeness (QED) is 0.784. The lowest BCUT2D eigenvalue weighted by Crippen LogP contribution is -2.17. The Kier molecular flexibility index (Phi) is 2.34. The van der Waals surface area contributed by atoms with Gasteiger partial charge in [0.2, 0.25) is 5.28 Å². The second-order valence-corrected chi connectivity index (χ2v) is 5.00. The van der Waals surface area contributed by atoms with Gasteiger partial charge in [0, 0.05) is 17.8 Å². The van der Waals surface area contributed by atoms with E-state index in [-0.39, 0.29) is 11.2 Å². The Morgan fingerprint density at radius 1 is 1.30 bits per heavy atom. The van der Waals surface area contributed by atoms with Crippen molar-refractivity contribution in [3.63, 3.8) is 0 Å². The highest BCUT2D eigenvalue weighted by Crippen LogP contribution is 2.36. The molecular formula is C13H10ClN5O. The molecule has 2 aromatic rings. The Labute approximate surface area is 119 Å². The van der Waals surface area contributed by atoms with Crippen LogP contribution in [0.15, 0.2) is 24.4 Å². The molecule has 1 aromatic carbocycles. The summed E-state index contributed by atoms with van der Waals surface area (Å²) in [5.41, 5.74) is 3.56. The maximum absolute atomic E-state index is 11.6. The van der Waals surface area contributed by atoms with Gasteiger partial charge in [-0.25, -0.2) is 4.98 Å². The summed E-state index contributed by atoms with van der Waals surface area (Å²) in [6.45, 7) is 1.17. The molecule has 3 heterocycles. The summed E-state index contributed by atoms with van der Waals surface area (Å²) in [5.74, 6) is 0.735. The number of hydrogen-bond acceptors (Lipinski definition) is 5. The minimum atomic E-state index is -0.0168. The van der Waals surface area contributed by atoms with Gasteiger partial charge in [-0.3, -0.25) is 4.79 Å². The van der Waals surface area contributed by atoms with E-state index in [0.717, 1.165) is 28.3 Å². The number of halogens is 1. The molecule has 0 radical (unpaired) electrons. The maximum atomic E-state index is 11.6. The minimum absolute atomic E-state index is 0.0168. The smallest absolute Gasteiger partial charge is 0.251 e. The van der Waals surface area contributed by atoms with Crippen LogP contribution in [0.25, 0.3) is 0 Å². The molecule has 100 valence electrons. The molecule has 20 heavy (non-hydrogen) atoms. The summed E-state index contributed by atoms with van der Waals surface area (Å²) < 4.78 is 0. The third-order valence-corrected chi connectivity index (χ3v) is 3.69. The number of carbonyl (C=O) groups excluding carboxylic acids is 1. The fourth-order valence-corrected chi connectivity index (χ4v) is 2.65. The molecule has 0 atom stereocenters. The SMILES string of the molecule is O=C1NCc2cc(N3CNc4cnc(Cl)nc43)ccc21. The van der Waals surface area contributed by atoms with E-state index in [4.69, 9.17) is 11.6 Å². The molecule has 0 saturated heterocycles. The number of anilines is 3. The molecule has 2 aliphatic rings. The molecule has 0 saturated carbocycles. The lowest BCUT2D eigenvalue weighted by molar-refractivity contribution is 0.0966. The molecular weight excluding hydrogens is 278 g/mol. The molecule has 2 N–H and O–H groups in total. The van der Waals surface area contributed by atoms with Crippen LogP contribution in [0.2, 0.25) is 5.28 Å². The Bertz CT molecular complexity index is 733. The van der Waals surface area contributed by atoms with E-state index in [1.54, 1.807) is 6.20 Å². The molecule has 0 fully saturated rings. The van der Waals surface area contributed by atoms with Gasteiger partial charge in [-0.05, 0) is 35.4 Å². The summed E-state index contributed by atoms with van der Waals surface area (Å²) in [5, 5.41) is 6.24. The summed E-state index contributed by atoms with van der Waals surface area (Å²) in [4.78, 5) is 21.8. The predicted octanol–water partition coefficient (Wildman–Crippen LogP) is 1.89. The Morgan fingerprint density at radius 3 is 3.10 bits per heavy atom. The molecule has 4 rings (SSSR count). The Morgan fingerprint density at radius 2 is 2.20 bits per heavy atom. The fraction of sp³-hybridized carbons (Fsp3) is 0.154. The van der Waals surface area contributed by atoms with E-state index in [0.29, 0.717) is 13.2 Å². The van der Waals surface area contributed by atoms with Crippen molar-refractivity contribution in [3.05, 3.63) is 40.8 Å². The highest BCUT2D eigenvalue weighted by molar-refractivity contribution is 6.28. The van der Waals surface area contributed by atoms with Gasteiger partial charge in [-0.15, -0.1) is 0 Å². The van der Waals surface area contributed by atoms with E-state index in [1.807, 2.05) is 23.1 Å². The zero-order valence-electron chi connectivity index (χ0n) is 10.4. The number of rotatable bonds is 1. The molecule has 1 aromatic heterocycles. The first-order valence-electron chi connectivity index (χ1n) is 6.17. The van der Waals surface area contributed by atoms with Crippen molar-refractivity contribution in [3.8, 4) is 0 Å². The number of benzene rings is 1. The van der Waals surface area contributed by atoms with Crippen LogP contribution in [0.1, 0.15) is 15.9 Å². The largest absolute Gasteiger partial charge is 0.363 e. The zero-order chi connectivity index (χ0) is 13.7. The van der Waals surface area contributed by atoms with Crippen molar-refractivity contribution in [1.82, 2.24) is 15.3 Å². The summed E-state index contributed by atoms with van der Waals surface area (Å²) in [6.07, 6.45) is 1.67. The van der Waals surface area contributed by atoms with Gasteiger partial charge in [0.15, 0.2) is 5.82 Å². The fourth-order valence-electron chi connectivity index (χ4n) is 2.52. The molecule has 1 amide bonds. The number of fused-ring (bicyclic) bond motifs is 2. The average Bonchev–Trinajstić information content (AvgIpc) is 3.02. The molecule has 2 aliphatic heterocycles. The average molecular weight is 288 g/mol. The summed E-state index contributed by atoms with van der Waals surface area (Å²) in [7, 11) is 0. The van der Waals surface area contributed by atoms with E-state index in [2.05, 4.69) is 20.6 Å². The van der Waals surface area contributed by atoms with E-state index < -0.39 is 0 Å². The summed E-state index contributed by atoms with van der Waals surface area (Å²) in [6, 6.07) is 5.75. The first-order chi connectivity index (χ1) is 9.72. The van der Waals surface area contributed by atoms with Crippen molar-refractivity contribution >= 4 is 34.7 Å². The van der Waals surface area contributed by atoms with Crippen LogP contribution in [0.5, 0.6) is 0 Å². The normalized spacial score (nSPS) is 15.7. The Balaban J connectivity index is 1.77. The van der Waals surface area contributed by atoms with Crippen LogP contribution in [0.3, 0.4) is 0 Å². The van der Waals surface area contributed by atoms with E-state index >= 15 is 0 Å². The first-order valence-corrected chi connectivity index (χ1v) is 6.55. The van der Waals surface area contributed by atoms with Gasteiger partial charge in [0.1, 0.15) is 0 Å². The van der Waals surface area contributed by atoms with Crippen molar-refractivity contribution in [2.45, 2.75) is 6.54 Å². The van der Waals surface area contributed by atoms with Gasteiger partial charge in [-0.1, -0.05) is 0 Å². The number of nitrogens with one attached hydrogen (secondary N) is 2. The van der Waals surface area contributed by atoms with Crippen LogP contribution in [0.4, 0.5) is 17.2 Å². The molecule has 7 heteroatoms. The van der Waals surface area contributed by atoms with E-state index in [9.17, 15) is 4.79 Å². The highest BCUT2D eigenvalue weighted by Gasteiger charge is 2.25. The Hall–Kier alpha value is -2.34. The molecule has 6 nitrogen and oxygen atoms in total. The lowest BCUT2D eigenvalue weighted by Gasteiger charge is -2.17. The number of aromatic nitrogens is 2. The second-order valence-electron chi connectivity index (χ2n) is 4.66. The first kappa shape index (κ1) is 11.5. The summed E-state index contributed by atoms with van der Waals surface area (Å²) >= 11 is 5.86. The van der Waals surface area contributed by atoms with Crippen LogP contribution in [-0.2, 0) is 6.54 Å². The predicted molar refractivity (Wildman–Crippen MR) is 75.3 cm³/mol. The van der Waals surface area contributed by atoms with Crippen molar-refractivity contribution < 1.29 is 4.79 Å². The topological polar surface area (TPSA) is 70.2 Å². The monoisotopic (exact) mass is 287 g/mol. The van der Waals surface area contributed by atoms with Crippen LogP contribution < -0.4 is 15.5 Å². The number of hydrogen-bond donors (Lipinski definition) is 2. The van der Waals surface area contributed by atoms with Crippen LogP contribution >= 0.6 is 11.6 Å². The number of nitrogens with zero attached hydrogens (tertiary/aromatic N) is 3. The maximum Gasteiger partial charge on any atom is 0.251 e. The third kappa shape index (κ3) is 1.61. The van der Waals surface area contributed by atoms with Crippen molar-refractivity contribution in [2.24, 2.45) is 0 Å². The van der Waals surface area contributed by atoms with E-state index in [1.165, 1.54) is 0 Å². The third-order valence-electron chi connectivity index (χ3n) is 3.51. The van der Waals surface area contributed by atoms with Gasteiger partial charge in [-0.2, -0.15) is 4.98 Å². The molecule has 0 unspecified atom stereocenters. The zero-order valence-corrected chi connectivity index (χ0v) is 11.1. The highest BCUT2D eigenvalue weighted by atomic mass is 35.5. The molecule has 0 aliphatic carbocycles. The minimum Gasteiger partial charge on any atom is -0.363 e. The van der Waals surface area contributed by atoms with Gasteiger partial charge in [0.25, 0.3) is 5.91 Å². The standard InChI is InChI=1S/C13H10ClN5O/c14-13-16-5-10-11(18-13)19(6-17-10)8-1-2-9-7(3-8)4-15-12(9)20/h1-3,5,17H,4,6H2,(H,15,20).